The van der Waals surface area contributed by atoms with Crippen LogP contribution in [0.25, 0.3) is 0 Å². The summed E-state index contributed by atoms with van der Waals surface area (Å²) in [5, 5.41) is 13.5. The molecule has 9 nitrogen and oxygen atoms in total. The highest BCUT2D eigenvalue weighted by Gasteiger charge is 2.22. The van der Waals surface area contributed by atoms with Crippen LogP contribution in [0.3, 0.4) is 0 Å². The first-order valence-corrected chi connectivity index (χ1v) is 11.5. The van der Waals surface area contributed by atoms with Crippen LogP contribution in [0, 0.1) is 6.92 Å². The summed E-state index contributed by atoms with van der Waals surface area (Å²) in [5.41, 5.74) is 0.573. The molecule has 0 spiro atoms. The number of amides is 1. The zero-order valence-electron chi connectivity index (χ0n) is 19.4. The second-order valence-electron chi connectivity index (χ2n) is 7.45. The number of aromatic hydroxyl groups is 1. The molecule has 1 amide bonds. The number of aromatic nitrogens is 2. The minimum absolute atomic E-state index is 0.0801. The third-order valence-corrected chi connectivity index (χ3v) is 5.84. The summed E-state index contributed by atoms with van der Waals surface area (Å²) in [6, 6.07) is 14.2. The summed E-state index contributed by atoms with van der Waals surface area (Å²) < 4.78 is 7.25. The van der Waals surface area contributed by atoms with Gasteiger partial charge in [-0.15, -0.1) is 0 Å². The van der Waals surface area contributed by atoms with Crippen molar-refractivity contribution >= 4 is 34.1 Å². The fourth-order valence-corrected chi connectivity index (χ4v) is 3.96. The molecular formula is C24H26N4O5S. The van der Waals surface area contributed by atoms with Crippen LogP contribution in [-0.4, -0.2) is 37.6 Å². The summed E-state index contributed by atoms with van der Waals surface area (Å²) in [6.07, 6.45) is 0. The molecular weight excluding hydrogens is 456 g/mol. The van der Waals surface area contributed by atoms with Gasteiger partial charge in [-0.3, -0.25) is 18.7 Å². The van der Waals surface area contributed by atoms with E-state index in [1.165, 1.54) is 14.1 Å². The smallest absolute Gasteiger partial charge is 0.333 e. The number of hydrogen-bond acceptors (Lipinski definition) is 7. The maximum absolute atomic E-state index is 12.9. The van der Waals surface area contributed by atoms with Gasteiger partial charge >= 0.3 is 5.69 Å². The molecule has 10 heteroatoms. The third kappa shape index (κ3) is 5.76. The minimum atomic E-state index is -0.702. The van der Waals surface area contributed by atoms with Gasteiger partial charge in [0.2, 0.25) is 11.8 Å². The van der Waals surface area contributed by atoms with Crippen molar-refractivity contribution in [2.75, 3.05) is 17.7 Å². The molecule has 0 unspecified atom stereocenters. The van der Waals surface area contributed by atoms with E-state index in [4.69, 9.17) is 4.74 Å². The number of carbonyl (C=O) groups excluding carboxylic acids is 1. The van der Waals surface area contributed by atoms with Crippen molar-refractivity contribution in [1.82, 2.24) is 9.13 Å². The predicted octanol–water partition coefficient (Wildman–Crippen LogP) is 2.95. The number of anilines is 1. The molecule has 0 saturated carbocycles. The lowest BCUT2D eigenvalue weighted by molar-refractivity contribution is -0.113. The van der Waals surface area contributed by atoms with E-state index in [1.54, 1.807) is 30.3 Å². The first-order valence-electron chi connectivity index (χ1n) is 10.5. The maximum atomic E-state index is 12.9. The molecule has 0 radical (unpaired) electrons. The lowest BCUT2D eigenvalue weighted by atomic mass is 10.2. The number of nitrogens with one attached hydrogen (secondary N) is 1. The summed E-state index contributed by atoms with van der Waals surface area (Å²) in [6.45, 7) is 4.33. The molecule has 0 bridgehead atoms. The summed E-state index contributed by atoms with van der Waals surface area (Å²) in [4.78, 5) is 42.2. The van der Waals surface area contributed by atoms with Gasteiger partial charge in [-0.25, -0.2) is 9.79 Å². The van der Waals surface area contributed by atoms with Gasteiger partial charge in [0.25, 0.3) is 5.56 Å². The van der Waals surface area contributed by atoms with Crippen LogP contribution in [0.2, 0.25) is 0 Å². The monoisotopic (exact) mass is 482 g/mol. The number of aliphatic imine (C=N–C) groups is 1. The molecule has 0 aliphatic carbocycles. The summed E-state index contributed by atoms with van der Waals surface area (Å²) in [7, 11) is 2.68. The van der Waals surface area contributed by atoms with Gasteiger partial charge in [0.1, 0.15) is 16.4 Å². The number of hydrogen-bond donors (Lipinski definition) is 2. The van der Waals surface area contributed by atoms with E-state index in [-0.39, 0.29) is 22.3 Å². The maximum Gasteiger partial charge on any atom is 0.333 e. The molecule has 1 aromatic heterocycles. The van der Waals surface area contributed by atoms with E-state index < -0.39 is 17.1 Å². The highest BCUT2D eigenvalue weighted by atomic mass is 32.2. The molecule has 0 aliphatic rings. The molecule has 0 saturated heterocycles. The number of benzene rings is 2. The van der Waals surface area contributed by atoms with Crippen LogP contribution in [-0.2, 0) is 18.9 Å². The number of nitrogens with zero attached hydrogens (tertiary/aromatic N) is 3. The molecule has 0 aliphatic heterocycles. The van der Waals surface area contributed by atoms with Crippen molar-refractivity contribution in [3.05, 3.63) is 80.5 Å². The van der Waals surface area contributed by atoms with Gasteiger partial charge in [0.15, 0.2) is 0 Å². The Labute approximate surface area is 200 Å². The van der Waals surface area contributed by atoms with Gasteiger partial charge < -0.3 is 15.2 Å². The Hall–Kier alpha value is -3.79. The van der Waals surface area contributed by atoms with Gasteiger partial charge in [-0.1, -0.05) is 23.9 Å². The van der Waals surface area contributed by atoms with E-state index in [2.05, 4.69) is 10.3 Å². The number of carbonyl (C=O) groups is 1. The normalized spacial score (nSPS) is 11.4. The Kier molecular flexibility index (Phi) is 7.95. The van der Waals surface area contributed by atoms with Crippen LogP contribution < -0.4 is 21.3 Å². The molecule has 1 heterocycles. The molecule has 178 valence electrons. The second-order valence-corrected chi connectivity index (χ2v) is 8.42. The molecule has 2 N–H and O–H groups in total. The van der Waals surface area contributed by atoms with Crippen LogP contribution in [0.4, 0.5) is 11.4 Å². The first kappa shape index (κ1) is 24.8. The van der Waals surface area contributed by atoms with Crippen molar-refractivity contribution < 1.29 is 14.6 Å². The minimum Gasteiger partial charge on any atom is -0.494 e. The van der Waals surface area contributed by atoms with Gasteiger partial charge in [-0.2, -0.15) is 0 Å². The largest absolute Gasteiger partial charge is 0.494 e. The molecule has 0 atom stereocenters. The molecule has 0 fully saturated rings. The third-order valence-electron chi connectivity index (χ3n) is 4.87. The molecule has 3 rings (SSSR count). The van der Waals surface area contributed by atoms with Crippen molar-refractivity contribution in [2.45, 2.75) is 13.8 Å². The Morgan fingerprint density at radius 2 is 1.82 bits per heavy atom. The zero-order chi connectivity index (χ0) is 24.8. The fourth-order valence-electron chi connectivity index (χ4n) is 3.13. The predicted molar refractivity (Wildman–Crippen MR) is 135 cm³/mol. The van der Waals surface area contributed by atoms with Crippen molar-refractivity contribution in [3.63, 3.8) is 0 Å². The fraction of sp³-hybridized carbons (Fsp3) is 0.250. The van der Waals surface area contributed by atoms with Gasteiger partial charge in [0.05, 0.1) is 18.0 Å². The number of thioether (sulfide) groups is 1. The van der Waals surface area contributed by atoms with Crippen LogP contribution in [0.5, 0.6) is 11.6 Å². The average Bonchev–Trinajstić information content (AvgIpc) is 2.81. The lowest BCUT2D eigenvalue weighted by Gasteiger charge is -2.13. The highest BCUT2D eigenvalue weighted by molar-refractivity contribution is 8.15. The SMILES string of the molecule is CCOc1ccc(NC(=O)CSC(=Nc2cccc(C)c2)c2c(O)n(C)c(=O)n(C)c2=O)cc1. The molecule has 34 heavy (non-hydrogen) atoms. The Morgan fingerprint density at radius 3 is 2.47 bits per heavy atom. The van der Waals surface area contributed by atoms with Crippen LogP contribution in [0.1, 0.15) is 18.1 Å². The van der Waals surface area contributed by atoms with Gasteiger partial charge in [0, 0.05) is 19.8 Å². The molecule has 2 aromatic carbocycles. The Morgan fingerprint density at radius 1 is 1.12 bits per heavy atom. The zero-order valence-corrected chi connectivity index (χ0v) is 20.2. The first-order chi connectivity index (χ1) is 16.2. The standard InChI is InChI=1S/C24H26N4O5S/c1-5-33-18-11-9-16(10-12-18)25-19(29)14-34-21(26-17-8-6-7-15(2)13-17)20-22(30)27(3)24(32)28(4)23(20)31/h6-13,30H,5,14H2,1-4H3,(H,25,29). The van der Waals surface area contributed by atoms with Crippen molar-refractivity contribution in [3.8, 4) is 11.6 Å². The van der Waals surface area contributed by atoms with Gasteiger partial charge in [-0.05, 0) is 55.8 Å². The van der Waals surface area contributed by atoms with E-state index in [0.29, 0.717) is 23.7 Å². The van der Waals surface area contributed by atoms with Crippen molar-refractivity contribution in [1.29, 1.82) is 0 Å². The second kappa shape index (κ2) is 10.9. The Bertz CT molecular complexity index is 1340. The van der Waals surface area contributed by atoms with E-state index in [1.807, 2.05) is 32.0 Å². The topological polar surface area (TPSA) is 115 Å². The number of ether oxygens (including phenoxy) is 1. The van der Waals surface area contributed by atoms with E-state index in [9.17, 15) is 19.5 Å². The van der Waals surface area contributed by atoms with E-state index >= 15 is 0 Å². The quantitative estimate of drug-likeness (QED) is 0.395. The summed E-state index contributed by atoms with van der Waals surface area (Å²) in [5.74, 6) is -0.224. The Balaban J connectivity index is 1.91. The van der Waals surface area contributed by atoms with Crippen LogP contribution in [0.15, 0.2) is 63.1 Å². The summed E-state index contributed by atoms with van der Waals surface area (Å²) >= 11 is 0.990. The number of aryl methyl sites for hydroxylation is 1. The lowest BCUT2D eigenvalue weighted by Crippen LogP contribution is -2.39. The highest BCUT2D eigenvalue weighted by Crippen LogP contribution is 2.24. The number of rotatable bonds is 7. The van der Waals surface area contributed by atoms with Crippen LogP contribution >= 0.6 is 11.8 Å². The molecule has 3 aromatic rings. The van der Waals surface area contributed by atoms with E-state index in [0.717, 1.165) is 26.5 Å². The van der Waals surface area contributed by atoms with Crippen molar-refractivity contribution in [2.24, 2.45) is 19.1 Å². The average molecular weight is 483 g/mol.